The van der Waals surface area contributed by atoms with Crippen molar-refractivity contribution in [1.29, 1.82) is 0 Å². The summed E-state index contributed by atoms with van der Waals surface area (Å²) in [4.78, 5) is 20.7. The number of amides is 1. The normalized spacial score (nSPS) is 11.9. The second kappa shape index (κ2) is 7.08. The number of aromatic nitrogens is 2. The van der Waals surface area contributed by atoms with Gasteiger partial charge in [-0.15, -0.1) is 0 Å². The first-order valence-corrected chi connectivity index (χ1v) is 7.84. The first-order valence-electron chi connectivity index (χ1n) is 7.84. The monoisotopic (exact) mass is 321 g/mol. The van der Waals surface area contributed by atoms with Crippen molar-refractivity contribution >= 4 is 5.91 Å². The fourth-order valence-corrected chi connectivity index (χ4v) is 2.48. The van der Waals surface area contributed by atoms with Crippen LogP contribution in [-0.2, 0) is 11.2 Å². The van der Waals surface area contributed by atoms with Crippen LogP contribution in [0.1, 0.15) is 30.0 Å². The molecule has 24 heavy (non-hydrogen) atoms. The maximum atomic E-state index is 12.3. The summed E-state index contributed by atoms with van der Waals surface area (Å²) in [7, 11) is 0. The highest BCUT2D eigenvalue weighted by Gasteiger charge is 2.16. The maximum absolute atomic E-state index is 12.3. The lowest BCUT2D eigenvalue weighted by Gasteiger charge is -2.13. The van der Waals surface area contributed by atoms with E-state index in [0.29, 0.717) is 17.3 Å². The van der Waals surface area contributed by atoms with Gasteiger partial charge in [-0.25, -0.2) is 4.98 Å². The molecule has 1 N–H and O–H groups in total. The lowest BCUT2D eigenvalue weighted by Crippen LogP contribution is -2.28. The van der Waals surface area contributed by atoms with Crippen molar-refractivity contribution in [2.24, 2.45) is 0 Å². The third-order valence-corrected chi connectivity index (χ3v) is 3.83. The van der Waals surface area contributed by atoms with Crippen LogP contribution < -0.4 is 5.32 Å². The number of oxazole rings is 1. The molecule has 0 saturated carbocycles. The standard InChI is InChI=1S/C19H19N3O2/c1-13(15-8-10-20-11-9-15)21-18(23)12-17-14(2)24-19(22-17)16-6-4-3-5-7-16/h3-11,13H,12H2,1-2H3,(H,21,23)/t13-/m0/s1. The van der Waals surface area contributed by atoms with Crippen molar-refractivity contribution in [3.8, 4) is 11.5 Å². The minimum atomic E-state index is -0.0877. The molecule has 0 radical (unpaired) electrons. The van der Waals surface area contributed by atoms with Gasteiger partial charge in [-0.1, -0.05) is 18.2 Å². The highest BCUT2D eigenvalue weighted by atomic mass is 16.4. The summed E-state index contributed by atoms with van der Waals surface area (Å²) < 4.78 is 5.69. The third-order valence-electron chi connectivity index (χ3n) is 3.83. The van der Waals surface area contributed by atoms with Crippen LogP contribution >= 0.6 is 0 Å². The van der Waals surface area contributed by atoms with Crippen LogP contribution in [-0.4, -0.2) is 15.9 Å². The molecule has 1 aromatic carbocycles. The molecule has 0 unspecified atom stereocenters. The average molecular weight is 321 g/mol. The molecule has 0 fully saturated rings. The van der Waals surface area contributed by atoms with Gasteiger partial charge in [-0.05, 0) is 43.7 Å². The minimum Gasteiger partial charge on any atom is -0.441 e. The highest BCUT2D eigenvalue weighted by molar-refractivity contribution is 5.79. The number of nitrogens with zero attached hydrogens (tertiary/aromatic N) is 2. The first kappa shape index (κ1) is 15.9. The van der Waals surface area contributed by atoms with Gasteiger partial charge in [-0.3, -0.25) is 9.78 Å². The van der Waals surface area contributed by atoms with E-state index in [0.717, 1.165) is 11.1 Å². The Balaban J connectivity index is 1.68. The minimum absolute atomic E-state index is 0.0821. The molecule has 2 aromatic heterocycles. The molecule has 3 rings (SSSR count). The Labute approximate surface area is 140 Å². The Morgan fingerprint density at radius 3 is 2.58 bits per heavy atom. The maximum Gasteiger partial charge on any atom is 0.226 e. The Kier molecular flexibility index (Phi) is 4.70. The molecule has 0 bridgehead atoms. The number of nitrogens with one attached hydrogen (secondary N) is 1. The van der Waals surface area contributed by atoms with E-state index in [2.05, 4.69) is 15.3 Å². The van der Waals surface area contributed by atoms with Crippen LogP contribution in [0.15, 0.2) is 59.3 Å². The molecule has 5 nitrogen and oxygen atoms in total. The van der Waals surface area contributed by atoms with E-state index in [9.17, 15) is 4.79 Å². The number of carbonyl (C=O) groups excluding carboxylic acids is 1. The second-order valence-electron chi connectivity index (χ2n) is 5.63. The van der Waals surface area contributed by atoms with E-state index in [1.807, 2.05) is 56.3 Å². The molecule has 0 aliphatic heterocycles. The van der Waals surface area contributed by atoms with Crippen LogP contribution in [0, 0.1) is 6.92 Å². The van der Waals surface area contributed by atoms with E-state index in [-0.39, 0.29) is 18.4 Å². The molecular weight excluding hydrogens is 302 g/mol. The summed E-state index contributed by atoms with van der Waals surface area (Å²) in [6, 6.07) is 13.4. The number of pyridine rings is 1. The molecule has 5 heteroatoms. The highest BCUT2D eigenvalue weighted by Crippen LogP contribution is 2.21. The fraction of sp³-hybridized carbons (Fsp3) is 0.211. The Hall–Kier alpha value is -2.95. The third kappa shape index (κ3) is 3.68. The molecule has 0 saturated heterocycles. The number of carbonyl (C=O) groups is 1. The van der Waals surface area contributed by atoms with Crippen molar-refractivity contribution in [2.75, 3.05) is 0 Å². The van der Waals surface area contributed by atoms with Crippen LogP contribution in [0.5, 0.6) is 0 Å². The number of hydrogen-bond donors (Lipinski definition) is 1. The predicted molar refractivity (Wildman–Crippen MR) is 91.2 cm³/mol. The van der Waals surface area contributed by atoms with Gasteiger partial charge in [0.15, 0.2) is 0 Å². The zero-order valence-corrected chi connectivity index (χ0v) is 13.7. The fourth-order valence-electron chi connectivity index (χ4n) is 2.48. The zero-order chi connectivity index (χ0) is 16.9. The molecule has 0 spiro atoms. The van der Waals surface area contributed by atoms with Crippen LogP contribution in [0.2, 0.25) is 0 Å². The van der Waals surface area contributed by atoms with Crippen molar-refractivity contribution < 1.29 is 9.21 Å². The lowest BCUT2D eigenvalue weighted by atomic mass is 10.1. The Morgan fingerprint density at radius 1 is 1.17 bits per heavy atom. The molecule has 122 valence electrons. The van der Waals surface area contributed by atoms with E-state index in [4.69, 9.17) is 4.42 Å². The lowest BCUT2D eigenvalue weighted by molar-refractivity contribution is -0.121. The van der Waals surface area contributed by atoms with E-state index >= 15 is 0 Å². The molecular formula is C19H19N3O2. The zero-order valence-electron chi connectivity index (χ0n) is 13.7. The molecule has 3 aromatic rings. The largest absolute Gasteiger partial charge is 0.441 e. The van der Waals surface area contributed by atoms with Gasteiger partial charge in [-0.2, -0.15) is 0 Å². The molecule has 1 amide bonds. The Bertz CT molecular complexity index is 813. The molecule has 1 atom stereocenters. The van der Waals surface area contributed by atoms with Gasteiger partial charge in [0.25, 0.3) is 0 Å². The van der Waals surface area contributed by atoms with Gasteiger partial charge in [0.2, 0.25) is 11.8 Å². The first-order chi connectivity index (χ1) is 11.6. The van der Waals surface area contributed by atoms with Gasteiger partial charge < -0.3 is 9.73 Å². The van der Waals surface area contributed by atoms with Crippen molar-refractivity contribution in [2.45, 2.75) is 26.3 Å². The SMILES string of the molecule is Cc1oc(-c2ccccc2)nc1CC(=O)N[C@@H](C)c1ccncc1. The quantitative estimate of drug-likeness (QED) is 0.781. The summed E-state index contributed by atoms with van der Waals surface area (Å²) in [6.07, 6.45) is 3.62. The molecule has 2 heterocycles. The summed E-state index contributed by atoms with van der Waals surface area (Å²) >= 11 is 0. The van der Waals surface area contributed by atoms with Crippen molar-refractivity contribution in [3.63, 3.8) is 0 Å². The second-order valence-corrected chi connectivity index (χ2v) is 5.63. The van der Waals surface area contributed by atoms with Crippen LogP contribution in [0.4, 0.5) is 0 Å². The summed E-state index contributed by atoms with van der Waals surface area (Å²) in [5.41, 5.74) is 2.57. The summed E-state index contributed by atoms with van der Waals surface area (Å²) in [5.74, 6) is 1.12. The van der Waals surface area contributed by atoms with Gasteiger partial charge >= 0.3 is 0 Å². The molecule has 0 aliphatic carbocycles. The smallest absolute Gasteiger partial charge is 0.226 e. The number of benzene rings is 1. The van der Waals surface area contributed by atoms with Crippen LogP contribution in [0.3, 0.4) is 0 Å². The van der Waals surface area contributed by atoms with E-state index < -0.39 is 0 Å². The van der Waals surface area contributed by atoms with Gasteiger partial charge in [0.1, 0.15) is 5.76 Å². The number of hydrogen-bond acceptors (Lipinski definition) is 4. The number of aryl methyl sites for hydroxylation is 1. The Morgan fingerprint density at radius 2 is 1.88 bits per heavy atom. The predicted octanol–water partition coefficient (Wildman–Crippen LogP) is 3.46. The number of rotatable bonds is 5. The van der Waals surface area contributed by atoms with E-state index in [1.165, 1.54) is 0 Å². The summed E-state index contributed by atoms with van der Waals surface area (Å²) in [5, 5.41) is 2.97. The van der Waals surface area contributed by atoms with Crippen molar-refractivity contribution in [3.05, 3.63) is 71.9 Å². The van der Waals surface area contributed by atoms with Gasteiger partial charge in [0.05, 0.1) is 18.2 Å². The van der Waals surface area contributed by atoms with Crippen molar-refractivity contribution in [1.82, 2.24) is 15.3 Å². The van der Waals surface area contributed by atoms with Crippen LogP contribution in [0.25, 0.3) is 11.5 Å². The summed E-state index contributed by atoms with van der Waals surface area (Å²) in [6.45, 7) is 3.77. The van der Waals surface area contributed by atoms with Gasteiger partial charge in [0, 0.05) is 18.0 Å². The van der Waals surface area contributed by atoms with E-state index in [1.54, 1.807) is 12.4 Å². The topological polar surface area (TPSA) is 68.0 Å². The molecule has 0 aliphatic rings. The average Bonchev–Trinajstić information content (AvgIpc) is 2.97.